The summed E-state index contributed by atoms with van der Waals surface area (Å²) < 4.78 is 5.63. The minimum atomic E-state index is -0.0821. The molecular weight excluding hydrogens is 202 g/mol. The van der Waals surface area contributed by atoms with E-state index in [9.17, 15) is 4.79 Å². The lowest BCUT2D eigenvalue weighted by Gasteiger charge is -1.96. The highest BCUT2D eigenvalue weighted by Crippen LogP contribution is 2.29. The van der Waals surface area contributed by atoms with Crippen molar-refractivity contribution >= 4 is 16.9 Å². The lowest BCUT2D eigenvalue weighted by atomic mass is 10.0. The molecule has 3 heteroatoms. The second kappa shape index (κ2) is 3.37. The van der Waals surface area contributed by atoms with Crippen molar-refractivity contribution in [2.24, 2.45) is 0 Å². The number of hydrogen-bond acceptors (Lipinski definition) is 2. The maximum atomic E-state index is 11.8. The molecule has 2 heterocycles. The SMILES string of the molecule is Cc1ccc2oc3c(c2c1)CCCNC3=O. The van der Waals surface area contributed by atoms with Crippen LogP contribution in [0.15, 0.2) is 22.6 Å². The molecule has 2 aromatic rings. The second-order valence-electron chi connectivity index (χ2n) is 4.27. The Balaban J connectivity index is 2.30. The topological polar surface area (TPSA) is 42.2 Å². The lowest BCUT2D eigenvalue weighted by Crippen LogP contribution is -2.22. The van der Waals surface area contributed by atoms with Gasteiger partial charge in [-0.05, 0) is 31.9 Å². The third-order valence-corrected chi connectivity index (χ3v) is 3.04. The van der Waals surface area contributed by atoms with E-state index in [-0.39, 0.29) is 5.91 Å². The third-order valence-electron chi connectivity index (χ3n) is 3.04. The first-order chi connectivity index (χ1) is 7.75. The van der Waals surface area contributed by atoms with Gasteiger partial charge in [-0.1, -0.05) is 11.6 Å². The van der Waals surface area contributed by atoms with Gasteiger partial charge in [0.15, 0.2) is 5.76 Å². The van der Waals surface area contributed by atoms with Crippen LogP contribution >= 0.6 is 0 Å². The Labute approximate surface area is 93.4 Å². The van der Waals surface area contributed by atoms with E-state index < -0.39 is 0 Å². The van der Waals surface area contributed by atoms with Crippen molar-refractivity contribution in [3.05, 3.63) is 35.1 Å². The Morgan fingerprint density at radius 1 is 1.38 bits per heavy atom. The van der Waals surface area contributed by atoms with E-state index in [2.05, 4.69) is 18.3 Å². The molecule has 0 fully saturated rings. The Hall–Kier alpha value is -1.77. The van der Waals surface area contributed by atoms with Crippen molar-refractivity contribution in [2.75, 3.05) is 6.54 Å². The molecule has 82 valence electrons. The Morgan fingerprint density at radius 2 is 2.25 bits per heavy atom. The number of carbonyl (C=O) groups is 1. The van der Waals surface area contributed by atoms with Crippen LogP contribution in [0.25, 0.3) is 11.0 Å². The van der Waals surface area contributed by atoms with E-state index in [0.29, 0.717) is 5.76 Å². The molecule has 0 bridgehead atoms. The number of nitrogens with one attached hydrogen (secondary N) is 1. The Morgan fingerprint density at radius 3 is 3.12 bits per heavy atom. The summed E-state index contributed by atoms with van der Waals surface area (Å²) in [5.41, 5.74) is 3.07. The number of rotatable bonds is 0. The van der Waals surface area contributed by atoms with Crippen molar-refractivity contribution in [3.63, 3.8) is 0 Å². The molecule has 1 N–H and O–H groups in total. The molecule has 0 saturated carbocycles. The van der Waals surface area contributed by atoms with E-state index in [1.807, 2.05) is 12.1 Å². The zero-order chi connectivity index (χ0) is 11.1. The average molecular weight is 215 g/mol. The molecule has 1 aliphatic heterocycles. The molecule has 1 amide bonds. The molecule has 16 heavy (non-hydrogen) atoms. The molecule has 0 radical (unpaired) electrons. The maximum absolute atomic E-state index is 11.8. The highest BCUT2D eigenvalue weighted by atomic mass is 16.3. The monoisotopic (exact) mass is 215 g/mol. The lowest BCUT2D eigenvalue weighted by molar-refractivity contribution is 0.0931. The zero-order valence-electron chi connectivity index (χ0n) is 9.17. The highest BCUT2D eigenvalue weighted by molar-refractivity contribution is 5.99. The van der Waals surface area contributed by atoms with Gasteiger partial charge in [-0.15, -0.1) is 0 Å². The molecule has 1 aromatic carbocycles. The number of benzene rings is 1. The van der Waals surface area contributed by atoms with Gasteiger partial charge >= 0.3 is 0 Å². The van der Waals surface area contributed by atoms with Crippen LogP contribution in [-0.4, -0.2) is 12.5 Å². The highest BCUT2D eigenvalue weighted by Gasteiger charge is 2.22. The fraction of sp³-hybridized carbons (Fsp3) is 0.308. The van der Waals surface area contributed by atoms with E-state index >= 15 is 0 Å². The maximum Gasteiger partial charge on any atom is 0.287 e. The molecule has 0 aliphatic carbocycles. The fourth-order valence-electron chi connectivity index (χ4n) is 2.24. The van der Waals surface area contributed by atoms with Gasteiger partial charge in [-0.25, -0.2) is 0 Å². The van der Waals surface area contributed by atoms with Crippen molar-refractivity contribution in [1.29, 1.82) is 0 Å². The van der Waals surface area contributed by atoms with Crippen LogP contribution in [0.1, 0.15) is 28.1 Å². The first-order valence-corrected chi connectivity index (χ1v) is 5.56. The van der Waals surface area contributed by atoms with E-state index in [4.69, 9.17) is 4.42 Å². The van der Waals surface area contributed by atoms with Crippen molar-refractivity contribution in [2.45, 2.75) is 19.8 Å². The van der Waals surface area contributed by atoms with Crippen LogP contribution in [0, 0.1) is 6.92 Å². The number of amides is 1. The summed E-state index contributed by atoms with van der Waals surface area (Å²) in [7, 11) is 0. The Bertz CT molecular complexity index is 569. The van der Waals surface area contributed by atoms with Crippen LogP contribution in [0.3, 0.4) is 0 Å². The number of aryl methyl sites for hydroxylation is 2. The first kappa shape index (κ1) is 9.46. The molecule has 1 aliphatic rings. The van der Waals surface area contributed by atoms with Gasteiger partial charge in [-0.2, -0.15) is 0 Å². The zero-order valence-corrected chi connectivity index (χ0v) is 9.17. The molecule has 1 aromatic heterocycles. The summed E-state index contributed by atoms with van der Waals surface area (Å²) in [6.07, 6.45) is 1.88. The van der Waals surface area contributed by atoms with Crippen molar-refractivity contribution in [3.8, 4) is 0 Å². The average Bonchev–Trinajstić information content (AvgIpc) is 2.52. The van der Waals surface area contributed by atoms with E-state index in [1.165, 1.54) is 5.56 Å². The summed E-state index contributed by atoms with van der Waals surface area (Å²) in [6, 6.07) is 6.03. The van der Waals surface area contributed by atoms with Crippen LogP contribution < -0.4 is 5.32 Å². The Kier molecular flexibility index (Phi) is 1.99. The molecule has 3 nitrogen and oxygen atoms in total. The third kappa shape index (κ3) is 1.32. The normalized spacial score (nSPS) is 15.7. The van der Waals surface area contributed by atoms with Gasteiger partial charge < -0.3 is 9.73 Å². The molecule has 3 rings (SSSR count). The minimum absolute atomic E-state index is 0.0821. The molecular formula is C13H13NO2. The predicted octanol–water partition coefficient (Wildman–Crippen LogP) is 2.42. The summed E-state index contributed by atoms with van der Waals surface area (Å²) in [4.78, 5) is 11.8. The van der Waals surface area contributed by atoms with E-state index in [1.54, 1.807) is 0 Å². The summed E-state index contributed by atoms with van der Waals surface area (Å²) >= 11 is 0. The summed E-state index contributed by atoms with van der Waals surface area (Å²) in [6.45, 7) is 2.78. The molecule has 0 spiro atoms. The van der Waals surface area contributed by atoms with E-state index in [0.717, 1.165) is 35.9 Å². The van der Waals surface area contributed by atoms with Crippen LogP contribution in [0.2, 0.25) is 0 Å². The number of furan rings is 1. The molecule has 0 unspecified atom stereocenters. The van der Waals surface area contributed by atoms with Gasteiger partial charge in [0.2, 0.25) is 0 Å². The van der Waals surface area contributed by atoms with Gasteiger partial charge in [0.1, 0.15) is 5.58 Å². The smallest absolute Gasteiger partial charge is 0.287 e. The largest absolute Gasteiger partial charge is 0.451 e. The first-order valence-electron chi connectivity index (χ1n) is 5.56. The number of hydrogen-bond donors (Lipinski definition) is 1. The number of carbonyl (C=O) groups excluding carboxylic acids is 1. The van der Waals surface area contributed by atoms with Gasteiger partial charge in [0, 0.05) is 17.5 Å². The van der Waals surface area contributed by atoms with Gasteiger partial charge in [0.05, 0.1) is 0 Å². The summed E-state index contributed by atoms with van der Waals surface area (Å²) in [5, 5.41) is 3.93. The molecule has 0 atom stereocenters. The number of fused-ring (bicyclic) bond motifs is 3. The standard InChI is InChI=1S/C13H13NO2/c1-8-4-5-11-10(7-8)9-3-2-6-14-13(15)12(9)16-11/h4-5,7H,2-3,6H2,1H3,(H,14,15). The van der Waals surface area contributed by atoms with Gasteiger partial charge in [-0.3, -0.25) is 4.79 Å². The van der Waals surface area contributed by atoms with Crippen LogP contribution in [0.4, 0.5) is 0 Å². The molecule has 0 saturated heterocycles. The quantitative estimate of drug-likeness (QED) is 0.733. The van der Waals surface area contributed by atoms with Crippen molar-refractivity contribution in [1.82, 2.24) is 5.32 Å². The second-order valence-corrected chi connectivity index (χ2v) is 4.27. The minimum Gasteiger partial charge on any atom is -0.451 e. The summed E-state index contributed by atoms with van der Waals surface area (Å²) in [5.74, 6) is 0.416. The van der Waals surface area contributed by atoms with Gasteiger partial charge in [0.25, 0.3) is 5.91 Å². The fourth-order valence-corrected chi connectivity index (χ4v) is 2.24. The van der Waals surface area contributed by atoms with Crippen LogP contribution in [0.5, 0.6) is 0 Å². The van der Waals surface area contributed by atoms with Crippen LogP contribution in [-0.2, 0) is 6.42 Å². The predicted molar refractivity (Wildman–Crippen MR) is 61.6 cm³/mol. The van der Waals surface area contributed by atoms with Crippen molar-refractivity contribution < 1.29 is 9.21 Å².